The molecule has 1 heterocycles. The van der Waals surface area contributed by atoms with Gasteiger partial charge in [-0.2, -0.15) is 0 Å². The lowest BCUT2D eigenvalue weighted by molar-refractivity contribution is -0.134. The van der Waals surface area contributed by atoms with E-state index in [2.05, 4.69) is 18.7 Å². The summed E-state index contributed by atoms with van der Waals surface area (Å²) in [7, 11) is 0. The first-order valence-electron chi connectivity index (χ1n) is 7.01. The molecule has 0 aromatic heterocycles. The molecular weight excluding hydrogens is 248 g/mol. The van der Waals surface area contributed by atoms with E-state index in [0.717, 1.165) is 38.8 Å². The first kappa shape index (κ1) is 15.8. The zero-order chi connectivity index (χ0) is 12.5. The van der Waals surface area contributed by atoms with Crippen molar-refractivity contribution in [3.8, 4) is 0 Å². The van der Waals surface area contributed by atoms with E-state index in [1.54, 1.807) is 0 Å². The lowest BCUT2D eigenvalue weighted by Crippen LogP contribution is -2.42. The molecule has 1 aliphatic carbocycles. The molecule has 0 spiro atoms. The van der Waals surface area contributed by atoms with Crippen LogP contribution in [0.2, 0.25) is 0 Å². The summed E-state index contributed by atoms with van der Waals surface area (Å²) in [6.07, 6.45) is 6.40. The van der Waals surface area contributed by atoms with Crippen LogP contribution in [-0.2, 0) is 4.79 Å². The molecule has 1 aliphatic heterocycles. The number of piperidine rings is 1. The van der Waals surface area contributed by atoms with Crippen LogP contribution in [0.25, 0.3) is 0 Å². The normalized spacial score (nSPS) is 30.9. The predicted octanol–water partition coefficient (Wildman–Crippen LogP) is 2.57. The van der Waals surface area contributed by atoms with Crippen molar-refractivity contribution in [3.05, 3.63) is 0 Å². The molecule has 2 N–H and O–H groups in total. The Morgan fingerprint density at radius 2 is 1.89 bits per heavy atom. The number of carbonyl (C=O) groups is 1. The fraction of sp³-hybridized carbons (Fsp3) is 0.929. The fourth-order valence-corrected chi connectivity index (χ4v) is 3.03. The Balaban J connectivity index is 0.00000162. The Morgan fingerprint density at radius 1 is 1.28 bits per heavy atom. The summed E-state index contributed by atoms with van der Waals surface area (Å²) >= 11 is 0. The maximum atomic E-state index is 12.2. The van der Waals surface area contributed by atoms with Crippen LogP contribution in [0.4, 0.5) is 0 Å². The van der Waals surface area contributed by atoms with E-state index in [1.165, 1.54) is 6.42 Å². The van der Waals surface area contributed by atoms with Crippen molar-refractivity contribution in [2.24, 2.45) is 17.1 Å². The van der Waals surface area contributed by atoms with Gasteiger partial charge in [-0.3, -0.25) is 4.79 Å². The van der Waals surface area contributed by atoms with Crippen LogP contribution in [0.1, 0.15) is 52.4 Å². The highest BCUT2D eigenvalue weighted by Gasteiger charge is 2.31. The zero-order valence-corrected chi connectivity index (χ0v) is 12.5. The summed E-state index contributed by atoms with van der Waals surface area (Å²) in [5.74, 6) is 0.778. The van der Waals surface area contributed by atoms with Crippen LogP contribution in [-0.4, -0.2) is 29.9 Å². The third-order valence-electron chi connectivity index (χ3n) is 4.62. The number of rotatable bonds is 2. The lowest BCUT2D eigenvalue weighted by Gasteiger charge is -2.37. The minimum atomic E-state index is 0. The lowest BCUT2D eigenvalue weighted by atomic mass is 9.82. The SMILES string of the molecule is CC1(C)CCN(C(=O)C[C@@H]2CCC[C@H]2N)CC1.Cl. The maximum absolute atomic E-state index is 12.2. The molecule has 1 saturated carbocycles. The Morgan fingerprint density at radius 3 is 2.39 bits per heavy atom. The smallest absolute Gasteiger partial charge is 0.222 e. The van der Waals surface area contributed by atoms with Gasteiger partial charge >= 0.3 is 0 Å². The molecule has 2 rings (SSSR count). The molecule has 106 valence electrons. The highest BCUT2D eigenvalue weighted by atomic mass is 35.5. The number of amides is 1. The largest absolute Gasteiger partial charge is 0.343 e. The summed E-state index contributed by atoms with van der Waals surface area (Å²) < 4.78 is 0. The van der Waals surface area contributed by atoms with Crippen molar-refractivity contribution < 1.29 is 4.79 Å². The van der Waals surface area contributed by atoms with Gasteiger partial charge in [-0.15, -0.1) is 12.4 Å². The molecule has 2 atom stereocenters. The van der Waals surface area contributed by atoms with Crippen molar-refractivity contribution >= 4 is 18.3 Å². The third-order valence-corrected chi connectivity index (χ3v) is 4.62. The molecule has 18 heavy (non-hydrogen) atoms. The van der Waals surface area contributed by atoms with Crippen molar-refractivity contribution in [1.29, 1.82) is 0 Å². The van der Waals surface area contributed by atoms with Gasteiger partial charge < -0.3 is 10.6 Å². The monoisotopic (exact) mass is 274 g/mol. The van der Waals surface area contributed by atoms with Gasteiger partial charge in [-0.1, -0.05) is 20.3 Å². The molecule has 0 bridgehead atoms. The number of halogens is 1. The zero-order valence-electron chi connectivity index (χ0n) is 11.7. The van der Waals surface area contributed by atoms with E-state index in [-0.39, 0.29) is 18.4 Å². The Kier molecular flexibility index (Phi) is 5.47. The summed E-state index contributed by atoms with van der Waals surface area (Å²) in [5.41, 5.74) is 6.45. The average Bonchev–Trinajstić information content (AvgIpc) is 2.64. The minimum absolute atomic E-state index is 0. The molecule has 3 nitrogen and oxygen atoms in total. The Hall–Kier alpha value is -0.280. The van der Waals surface area contributed by atoms with Crippen LogP contribution >= 0.6 is 12.4 Å². The first-order chi connectivity index (χ1) is 7.98. The van der Waals surface area contributed by atoms with E-state index < -0.39 is 0 Å². The van der Waals surface area contributed by atoms with Gasteiger partial charge in [0.25, 0.3) is 0 Å². The van der Waals surface area contributed by atoms with Gasteiger partial charge in [-0.25, -0.2) is 0 Å². The Labute approximate surface area is 117 Å². The maximum Gasteiger partial charge on any atom is 0.222 e. The van der Waals surface area contributed by atoms with Gasteiger partial charge in [0.15, 0.2) is 0 Å². The first-order valence-corrected chi connectivity index (χ1v) is 7.01. The van der Waals surface area contributed by atoms with Gasteiger partial charge in [0, 0.05) is 25.6 Å². The summed E-state index contributed by atoms with van der Waals surface area (Å²) in [4.78, 5) is 14.2. The van der Waals surface area contributed by atoms with Crippen LogP contribution in [0.15, 0.2) is 0 Å². The third kappa shape index (κ3) is 3.86. The standard InChI is InChI=1S/C14H26N2O.ClH/c1-14(2)6-8-16(9-7-14)13(17)10-11-4-3-5-12(11)15;/h11-12H,3-10,15H2,1-2H3;1H/t11-,12+;/m0./s1. The van der Waals surface area contributed by atoms with Gasteiger partial charge in [-0.05, 0) is 37.0 Å². The minimum Gasteiger partial charge on any atom is -0.343 e. The molecule has 0 aromatic rings. The van der Waals surface area contributed by atoms with Gasteiger partial charge in [0.1, 0.15) is 0 Å². The molecule has 0 radical (unpaired) electrons. The van der Waals surface area contributed by atoms with E-state index in [0.29, 0.717) is 23.7 Å². The number of nitrogens with two attached hydrogens (primary N) is 1. The predicted molar refractivity (Wildman–Crippen MR) is 76.8 cm³/mol. The van der Waals surface area contributed by atoms with Gasteiger partial charge in [0.2, 0.25) is 5.91 Å². The molecule has 2 fully saturated rings. The molecule has 0 unspecified atom stereocenters. The molecule has 4 heteroatoms. The molecule has 0 aromatic carbocycles. The van der Waals surface area contributed by atoms with Crippen molar-refractivity contribution in [2.45, 2.75) is 58.4 Å². The van der Waals surface area contributed by atoms with Gasteiger partial charge in [0.05, 0.1) is 0 Å². The highest BCUT2D eigenvalue weighted by Crippen LogP contribution is 2.32. The summed E-state index contributed by atoms with van der Waals surface area (Å²) in [6, 6.07) is 0.264. The van der Waals surface area contributed by atoms with Crippen molar-refractivity contribution in [2.75, 3.05) is 13.1 Å². The second kappa shape index (κ2) is 6.25. The quantitative estimate of drug-likeness (QED) is 0.841. The highest BCUT2D eigenvalue weighted by molar-refractivity contribution is 5.85. The number of hydrogen-bond donors (Lipinski definition) is 1. The number of likely N-dealkylation sites (tertiary alicyclic amines) is 1. The Bertz CT molecular complexity index is 284. The summed E-state index contributed by atoms with van der Waals surface area (Å²) in [5, 5.41) is 0. The van der Waals surface area contributed by atoms with Crippen molar-refractivity contribution in [1.82, 2.24) is 4.90 Å². The van der Waals surface area contributed by atoms with E-state index in [9.17, 15) is 4.79 Å². The van der Waals surface area contributed by atoms with E-state index in [1.807, 2.05) is 0 Å². The molecule has 1 amide bonds. The van der Waals surface area contributed by atoms with Crippen molar-refractivity contribution in [3.63, 3.8) is 0 Å². The van der Waals surface area contributed by atoms with Crippen LogP contribution < -0.4 is 5.73 Å². The molecule has 1 saturated heterocycles. The topological polar surface area (TPSA) is 46.3 Å². The fourth-order valence-electron chi connectivity index (χ4n) is 3.03. The number of hydrogen-bond acceptors (Lipinski definition) is 2. The van der Waals surface area contributed by atoms with Crippen LogP contribution in [0, 0.1) is 11.3 Å². The van der Waals surface area contributed by atoms with Crippen LogP contribution in [0.5, 0.6) is 0 Å². The number of carbonyl (C=O) groups excluding carboxylic acids is 1. The van der Waals surface area contributed by atoms with E-state index in [4.69, 9.17) is 5.73 Å². The van der Waals surface area contributed by atoms with Crippen LogP contribution in [0.3, 0.4) is 0 Å². The average molecular weight is 275 g/mol. The second-order valence-corrected chi connectivity index (χ2v) is 6.60. The number of nitrogens with zero attached hydrogens (tertiary/aromatic N) is 1. The second-order valence-electron chi connectivity index (χ2n) is 6.60. The molecular formula is C14H27ClN2O. The van der Waals surface area contributed by atoms with E-state index >= 15 is 0 Å². The summed E-state index contributed by atoms with van der Waals surface area (Å²) in [6.45, 7) is 6.46. The molecule has 2 aliphatic rings.